The molecule has 0 spiro atoms. The molecule has 0 aliphatic carbocycles. The maximum absolute atomic E-state index is 12.4. The monoisotopic (exact) mass is 368 g/mol. The van der Waals surface area contributed by atoms with Gasteiger partial charge in [-0.3, -0.25) is 4.79 Å². The zero-order chi connectivity index (χ0) is 18.4. The zero-order valence-electron chi connectivity index (χ0n) is 14.1. The summed E-state index contributed by atoms with van der Waals surface area (Å²) >= 11 is 5.86. The minimum Gasteiger partial charge on any atom is -0.492 e. The molecule has 0 saturated heterocycles. The molecular formula is C19H17ClN4O2. The lowest BCUT2D eigenvalue weighted by atomic mass is 10.3. The first-order valence-corrected chi connectivity index (χ1v) is 8.41. The van der Waals surface area contributed by atoms with Crippen LogP contribution in [-0.2, 0) is 0 Å². The average molecular weight is 369 g/mol. The highest BCUT2D eigenvalue weighted by atomic mass is 35.5. The van der Waals surface area contributed by atoms with Gasteiger partial charge in [-0.1, -0.05) is 23.7 Å². The molecule has 1 amide bonds. The van der Waals surface area contributed by atoms with Gasteiger partial charge >= 0.3 is 0 Å². The van der Waals surface area contributed by atoms with E-state index in [2.05, 4.69) is 20.6 Å². The number of hydrogen-bond donors (Lipinski definition) is 2. The normalized spacial score (nSPS) is 10.2. The van der Waals surface area contributed by atoms with Crippen LogP contribution < -0.4 is 15.4 Å². The number of benzene rings is 2. The summed E-state index contributed by atoms with van der Waals surface area (Å²) in [7, 11) is 0. The third kappa shape index (κ3) is 4.49. The van der Waals surface area contributed by atoms with Crippen molar-refractivity contribution in [2.75, 3.05) is 17.2 Å². The molecule has 1 aromatic heterocycles. The standard InChI is InChI=1S/C19H17ClN4O2/c1-2-26-17-6-4-3-5-15(17)24-19(25)16-11-22-18(12-21-16)23-14-9-7-13(20)8-10-14/h3-12H,2H2,1H3,(H,22,23)(H,24,25). The number of halogens is 1. The zero-order valence-corrected chi connectivity index (χ0v) is 14.8. The van der Waals surface area contributed by atoms with Gasteiger partial charge in [0.1, 0.15) is 17.3 Å². The molecule has 0 unspecified atom stereocenters. The van der Waals surface area contributed by atoms with E-state index < -0.39 is 0 Å². The van der Waals surface area contributed by atoms with Crippen molar-refractivity contribution >= 4 is 34.7 Å². The van der Waals surface area contributed by atoms with Crippen molar-refractivity contribution in [3.8, 4) is 5.75 Å². The third-order valence-corrected chi connectivity index (χ3v) is 3.69. The second-order valence-electron chi connectivity index (χ2n) is 5.30. The fraction of sp³-hybridized carbons (Fsp3) is 0.105. The summed E-state index contributed by atoms with van der Waals surface area (Å²) in [4.78, 5) is 20.8. The summed E-state index contributed by atoms with van der Waals surface area (Å²) in [5.41, 5.74) is 1.62. The molecule has 0 fully saturated rings. The summed E-state index contributed by atoms with van der Waals surface area (Å²) < 4.78 is 5.50. The topological polar surface area (TPSA) is 76.1 Å². The first-order chi connectivity index (χ1) is 12.7. The second kappa shape index (κ2) is 8.31. The number of carbonyl (C=O) groups excluding carboxylic acids is 1. The Morgan fingerprint density at radius 1 is 1.08 bits per heavy atom. The number of anilines is 3. The largest absolute Gasteiger partial charge is 0.492 e. The van der Waals surface area contributed by atoms with Crippen molar-refractivity contribution in [3.05, 3.63) is 71.6 Å². The van der Waals surface area contributed by atoms with Crippen LogP contribution in [0.15, 0.2) is 60.9 Å². The Labute approximate surface area is 156 Å². The molecule has 26 heavy (non-hydrogen) atoms. The number of ether oxygens (including phenoxy) is 1. The predicted molar refractivity (Wildman–Crippen MR) is 102 cm³/mol. The van der Waals surface area contributed by atoms with Crippen LogP contribution in [0.2, 0.25) is 5.02 Å². The van der Waals surface area contributed by atoms with Gasteiger partial charge in [-0.05, 0) is 43.3 Å². The number of para-hydroxylation sites is 2. The number of hydrogen-bond acceptors (Lipinski definition) is 5. The lowest BCUT2D eigenvalue weighted by molar-refractivity contribution is 0.102. The number of aromatic nitrogens is 2. The number of rotatable bonds is 6. The molecule has 7 heteroatoms. The van der Waals surface area contributed by atoms with Gasteiger partial charge < -0.3 is 15.4 Å². The maximum Gasteiger partial charge on any atom is 0.275 e. The third-order valence-electron chi connectivity index (χ3n) is 3.44. The predicted octanol–water partition coefficient (Wildman–Crippen LogP) is 4.52. The van der Waals surface area contributed by atoms with E-state index in [1.807, 2.05) is 31.2 Å². The molecule has 0 aliphatic rings. The van der Waals surface area contributed by atoms with Gasteiger partial charge in [-0.25, -0.2) is 9.97 Å². The maximum atomic E-state index is 12.4. The van der Waals surface area contributed by atoms with Crippen molar-refractivity contribution < 1.29 is 9.53 Å². The molecular weight excluding hydrogens is 352 g/mol. The van der Waals surface area contributed by atoms with E-state index in [0.717, 1.165) is 5.69 Å². The quantitative estimate of drug-likeness (QED) is 0.668. The molecule has 3 rings (SSSR count). The summed E-state index contributed by atoms with van der Waals surface area (Å²) in [6.45, 7) is 2.40. The van der Waals surface area contributed by atoms with E-state index in [-0.39, 0.29) is 11.6 Å². The van der Waals surface area contributed by atoms with Crippen molar-refractivity contribution in [1.29, 1.82) is 0 Å². The fourth-order valence-electron chi connectivity index (χ4n) is 2.23. The van der Waals surface area contributed by atoms with Crippen molar-refractivity contribution in [1.82, 2.24) is 9.97 Å². The summed E-state index contributed by atoms with van der Waals surface area (Å²) in [5.74, 6) is 0.776. The molecule has 0 aliphatic heterocycles. The Bertz CT molecular complexity index is 883. The SMILES string of the molecule is CCOc1ccccc1NC(=O)c1cnc(Nc2ccc(Cl)cc2)cn1. The molecule has 2 aromatic carbocycles. The summed E-state index contributed by atoms with van der Waals surface area (Å²) in [6, 6.07) is 14.4. The summed E-state index contributed by atoms with van der Waals surface area (Å²) in [6.07, 6.45) is 2.91. The van der Waals surface area contributed by atoms with Crippen LogP contribution in [0.25, 0.3) is 0 Å². The molecule has 6 nitrogen and oxygen atoms in total. The van der Waals surface area contributed by atoms with E-state index in [1.165, 1.54) is 12.4 Å². The van der Waals surface area contributed by atoms with Crippen LogP contribution in [0.4, 0.5) is 17.2 Å². The minimum atomic E-state index is -0.359. The molecule has 0 bridgehead atoms. The van der Waals surface area contributed by atoms with E-state index in [0.29, 0.717) is 28.9 Å². The highest BCUT2D eigenvalue weighted by molar-refractivity contribution is 6.30. The molecule has 0 atom stereocenters. The van der Waals surface area contributed by atoms with Crippen LogP contribution in [0.3, 0.4) is 0 Å². The van der Waals surface area contributed by atoms with Gasteiger partial charge in [0.05, 0.1) is 24.7 Å². The lowest BCUT2D eigenvalue weighted by Crippen LogP contribution is -2.15. The number of nitrogens with one attached hydrogen (secondary N) is 2. The molecule has 1 heterocycles. The Hall–Kier alpha value is -3.12. The average Bonchev–Trinajstić information content (AvgIpc) is 2.66. The molecule has 0 radical (unpaired) electrons. The highest BCUT2D eigenvalue weighted by Gasteiger charge is 2.11. The van der Waals surface area contributed by atoms with Gasteiger partial charge in [0.15, 0.2) is 0 Å². The van der Waals surface area contributed by atoms with Crippen molar-refractivity contribution in [2.45, 2.75) is 6.92 Å². The minimum absolute atomic E-state index is 0.206. The van der Waals surface area contributed by atoms with E-state index >= 15 is 0 Å². The van der Waals surface area contributed by atoms with Gasteiger partial charge in [0.2, 0.25) is 0 Å². The number of nitrogens with zero attached hydrogens (tertiary/aromatic N) is 2. The Morgan fingerprint density at radius 3 is 2.54 bits per heavy atom. The van der Waals surface area contributed by atoms with E-state index in [1.54, 1.807) is 24.3 Å². The van der Waals surface area contributed by atoms with Crippen LogP contribution in [0.5, 0.6) is 5.75 Å². The fourth-order valence-corrected chi connectivity index (χ4v) is 2.35. The van der Waals surface area contributed by atoms with Crippen LogP contribution in [0.1, 0.15) is 17.4 Å². The van der Waals surface area contributed by atoms with Crippen LogP contribution in [0, 0.1) is 0 Å². The van der Waals surface area contributed by atoms with Gasteiger partial charge in [0.25, 0.3) is 5.91 Å². The van der Waals surface area contributed by atoms with Gasteiger partial charge in [0, 0.05) is 10.7 Å². The van der Waals surface area contributed by atoms with Crippen LogP contribution in [-0.4, -0.2) is 22.5 Å². The molecule has 3 aromatic rings. The second-order valence-corrected chi connectivity index (χ2v) is 5.74. The van der Waals surface area contributed by atoms with Crippen molar-refractivity contribution in [3.63, 3.8) is 0 Å². The van der Waals surface area contributed by atoms with E-state index in [4.69, 9.17) is 16.3 Å². The smallest absolute Gasteiger partial charge is 0.275 e. The van der Waals surface area contributed by atoms with Gasteiger partial charge in [-0.2, -0.15) is 0 Å². The molecule has 132 valence electrons. The number of amides is 1. The Balaban J connectivity index is 1.68. The van der Waals surface area contributed by atoms with Crippen molar-refractivity contribution in [2.24, 2.45) is 0 Å². The lowest BCUT2D eigenvalue weighted by Gasteiger charge is -2.11. The first kappa shape index (κ1) is 17.7. The first-order valence-electron chi connectivity index (χ1n) is 8.03. The van der Waals surface area contributed by atoms with Crippen LogP contribution >= 0.6 is 11.6 Å². The Morgan fingerprint density at radius 2 is 1.85 bits per heavy atom. The summed E-state index contributed by atoms with van der Waals surface area (Å²) in [5, 5.41) is 6.53. The van der Waals surface area contributed by atoms with E-state index in [9.17, 15) is 4.79 Å². The molecule has 2 N–H and O–H groups in total. The number of carbonyl (C=O) groups is 1. The molecule has 0 saturated carbocycles. The van der Waals surface area contributed by atoms with Gasteiger partial charge in [-0.15, -0.1) is 0 Å². The Kier molecular flexibility index (Phi) is 5.66. The highest BCUT2D eigenvalue weighted by Crippen LogP contribution is 2.24.